The molecule has 1 atom stereocenters. The molecular weight excluding hydrogens is 370 g/mol. The maximum atomic E-state index is 12.7. The summed E-state index contributed by atoms with van der Waals surface area (Å²) in [4.78, 5) is 28.9. The Bertz CT molecular complexity index is 1020. The van der Waals surface area contributed by atoms with Crippen molar-refractivity contribution in [2.24, 2.45) is 0 Å². The van der Waals surface area contributed by atoms with Crippen LogP contribution in [0.4, 0.5) is 0 Å². The van der Waals surface area contributed by atoms with Gasteiger partial charge in [0.25, 0.3) is 5.91 Å². The molecule has 152 valence electrons. The van der Waals surface area contributed by atoms with Crippen molar-refractivity contribution in [1.29, 1.82) is 0 Å². The highest BCUT2D eigenvalue weighted by Crippen LogP contribution is 2.29. The van der Waals surface area contributed by atoms with Gasteiger partial charge in [-0.25, -0.2) is 14.6 Å². The Kier molecular flexibility index (Phi) is 5.57. The maximum Gasteiger partial charge on any atom is 0.340 e. The van der Waals surface area contributed by atoms with Gasteiger partial charge in [0.15, 0.2) is 0 Å². The number of hydrogen-bond acceptors (Lipinski definition) is 5. The first-order chi connectivity index (χ1) is 14.1. The first-order valence-corrected chi connectivity index (χ1v) is 9.93. The first-order valence-electron chi connectivity index (χ1n) is 9.93. The number of carbonyl (C=O) groups excluding carboxylic acids is 1. The second-order valence-electron chi connectivity index (χ2n) is 7.27. The highest BCUT2D eigenvalue weighted by molar-refractivity contribution is 5.95. The average molecular weight is 395 g/mol. The van der Waals surface area contributed by atoms with Crippen LogP contribution in [0.15, 0.2) is 41.3 Å². The molecule has 0 aliphatic carbocycles. The van der Waals surface area contributed by atoms with Crippen molar-refractivity contribution >= 4 is 5.91 Å². The molecule has 1 saturated heterocycles. The molecule has 0 bridgehead atoms. The number of aromatic amines is 2. The van der Waals surface area contributed by atoms with Crippen LogP contribution in [0.3, 0.4) is 0 Å². The van der Waals surface area contributed by atoms with Crippen LogP contribution in [-0.2, 0) is 6.54 Å². The molecule has 3 N–H and O–H groups in total. The number of aromatic nitrogens is 5. The fraction of sp³-hybridized carbons (Fsp3) is 0.400. The van der Waals surface area contributed by atoms with E-state index in [1.165, 1.54) is 0 Å². The Morgan fingerprint density at radius 2 is 2.14 bits per heavy atom. The quantitative estimate of drug-likeness (QED) is 0.584. The summed E-state index contributed by atoms with van der Waals surface area (Å²) in [6.45, 7) is 4.71. The molecular formula is C20H25N7O2. The van der Waals surface area contributed by atoms with Crippen molar-refractivity contribution in [3.05, 3.63) is 64.1 Å². The van der Waals surface area contributed by atoms with E-state index in [1.807, 2.05) is 43.5 Å². The van der Waals surface area contributed by atoms with Crippen molar-refractivity contribution in [3.8, 4) is 5.69 Å². The highest BCUT2D eigenvalue weighted by atomic mass is 16.2. The number of amides is 1. The number of H-pyrrole nitrogens is 2. The van der Waals surface area contributed by atoms with Crippen molar-refractivity contribution in [2.45, 2.75) is 32.2 Å². The monoisotopic (exact) mass is 395 g/mol. The zero-order valence-corrected chi connectivity index (χ0v) is 16.4. The largest absolute Gasteiger partial charge is 0.352 e. The van der Waals surface area contributed by atoms with E-state index in [0.717, 1.165) is 37.3 Å². The van der Waals surface area contributed by atoms with Crippen LogP contribution in [-0.4, -0.2) is 55.4 Å². The normalized spacial score (nSPS) is 17.3. The van der Waals surface area contributed by atoms with Crippen LogP contribution >= 0.6 is 0 Å². The molecule has 1 aliphatic rings. The van der Waals surface area contributed by atoms with Crippen molar-refractivity contribution < 1.29 is 4.79 Å². The Labute approximate surface area is 168 Å². The summed E-state index contributed by atoms with van der Waals surface area (Å²) in [7, 11) is 0. The summed E-state index contributed by atoms with van der Waals surface area (Å²) in [5, 5.41) is 14.1. The third-order valence-corrected chi connectivity index (χ3v) is 5.16. The van der Waals surface area contributed by atoms with Gasteiger partial charge in [0.1, 0.15) is 5.82 Å². The predicted octanol–water partition coefficient (Wildman–Crippen LogP) is 1.41. The molecule has 9 heteroatoms. The SMILES string of the molecule is CCNC(=O)c1cn(-c2ccccc2)nc1[C@H]1CCCN(Cc2n[nH]c(=O)[nH]2)C1. The fourth-order valence-electron chi connectivity index (χ4n) is 3.85. The molecule has 0 unspecified atom stereocenters. The van der Waals surface area contributed by atoms with E-state index >= 15 is 0 Å². The lowest BCUT2D eigenvalue weighted by molar-refractivity contribution is 0.0953. The first kappa shape index (κ1) is 19.1. The second kappa shape index (κ2) is 8.44. The molecule has 0 saturated carbocycles. The van der Waals surface area contributed by atoms with E-state index in [4.69, 9.17) is 5.10 Å². The number of nitrogens with one attached hydrogen (secondary N) is 3. The molecule has 4 rings (SSSR count). The minimum Gasteiger partial charge on any atom is -0.352 e. The summed E-state index contributed by atoms with van der Waals surface area (Å²) in [5.74, 6) is 0.657. The van der Waals surface area contributed by atoms with Crippen LogP contribution in [0.25, 0.3) is 5.69 Å². The zero-order chi connectivity index (χ0) is 20.2. The number of likely N-dealkylation sites (tertiary alicyclic amines) is 1. The van der Waals surface area contributed by atoms with E-state index < -0.39 is 0 Å². The lowest BCUT2D eigenvalue weighted by Gasteiger charge is -2.31. The smallest absolute Gasteiger partial charge is 0.340 e. The van der Waals surface area contributed by atoms with E-state index in [9.17, 15) is 9.59 Å². The molecule has 9 nitrogen and oxygen atoms in total. The molecule has 2 aromatic heterocycles. The van der Waals surface area contributed by atoms with E-state index in [0.29, 0.717) is 24.5 Å². The molecule has 1 amide bonds. The molecule has 3 heterocycles. The van der Waals surface area contributed by atoms with Crippen LogP contribution < -0.4 is 11.0 Å². The summed E-state index contributed by atoms with van der Waals surface area (Å²) < 4.78 is 1.78. The number of para-hydroxylation sites is 1. The summed E-state index contributed by atoms with van der Waals surface area (Å²) in [6.07, 6.45) is 3.78. The molecule has 1 fully saturated rings. The number of piperidine rings is 1. The van der Waals surface area contributed by atoms with Gasteiger partial charge in [-0.2, -0.15) is 10.2 Å². The fourth-order valence-corrected chi connectivity index (χ4v) is 3.85. The Balaban J connectivity index is 1.60. The lowest BCUT2D eigenvalue weighted by atomic mass is 9.92. The van der Waals surface area contributed by atoms with Crippen LogP contribution in [0.2, 0.25) is 0 Å². The van der Waals surface area contributed by atoms with E-state index in [2.05, 4.69) is 25.4 Å². The Morgan fingerprint density at radius 1 is 1.31 bits per heavy atom. The number of hydrogen-bond donors (Lipinski definition) is 3. The van der Waals surface area contributed by atoms with Gasteiger partial charge in [-0.05, 0) is 38.4 Å². The predicted molar refractivity (Wildman–Crippen MR) is 108 cm³/mol. The third-order valence-electron chi connectivity index (χ3n) is 5.16. The van der Waals surface area contributed by atoms with Crippen molar-refractivity contribution in [2.75, 3.05) is 19.6 Å². The van der Waals surface area contributed by atoms with Gasteiger partial charge < -0.3 is 5.32 Å². The van der Waals surface area contributed by atoms with E-state index in [-0.39, 0.29) is 17.5 Å². The van der Waals surface area contributed by atoms with E-state index in [1.54, 1.807) is 4.68 Å². The van der Waals surface area contributed by atoms with Crippen molar-refractivity contribution in [3.63, 3.8) is 0 Å². The zero-order valence-electron chi connectivity index (χ0n) is 16.4. The van der Waals surface area contributed by atoms with Crippen LogP contribution in [0, 0.1) is 0 Å². The average Bonchev–Trinajstić information content (AvgIpc) is 3.36. The topological polar surface area (TPSA) is 112 Å². The molecule has 1 aromatic carbocycles. The van der Waals surface area contributed by atoms with Gasteiger partial charge in [0.2, 0.25) is 0 Å². The Morgan fingerprint density at radius 3 is 2.86 bits per heavy atom. The van der Waals surface area contributed by atoms with Gasteiger partial charge >= 0.3 is 5.69 Å². The standard InChI is InChI=1S/C20H25N7O2/c1-2-21-19(28)16-12-27(15-8-4-3-5-9-15)25-18(16)14-7-6-10-26(11-14)13-17-22-20(29)24-23-17/h3-5,8-9,12,14H,2,6-7,10-11,13H2,1H3,(H,21,28)(H2,22,23,24,29)/t14-/m0/s1. The van der Waals surface area contributed by atoms with Crippen molar-refractivity contribution in [1.82, 2.24) is 35.2 Å². The van der Waals surface area contributed by atoms with Gasteiger partial charge in [-0.15, -0.1) is 0 Å². The minimum absolute atomic E-state index is 0.0987. The summed E-state index contributed by atoms with van der Waals surface area (Å²) in [6, 6.07) is 9.81. The van der Waals surface area contributed by atoms with Crippen LogP contribution in [0.1, 0.15) is 47.6 Å². The Hall–Kier alpha value is -3.20. The number of rotatable bonds is 6. The number of benzene rings is 1. The third kappa shape index (κ3) is 4.29. The van der Waals surface area contributed by atoms with Crippen LogP contribution in [0.5, 0.6) is 0 Å². The number of nitrogens with zero attached hydrogens (tertiary/aromatic N) is 4. The van der Waals surface area contributed by atoms with Gasteiger partial charge in [-0.1, -0.05) is 18.2 Å². The molecule has 3 aromatic rings. The number of carbonyl (C=O) groups is 1. The molecule has 0 radical (unpaired) electrons. The summed E-state index contributed by atoms with van der Waals surface area (Å²) >= 11 is 0. The van der Waals surface area contributed by atoms with Gasteiger partial charge in [-0.3, -0.25) is 14.7 Å². The molecule has 0 spiro atoms. The lowest BCUT2D eigenvalue weighted by Crippen LogP contribution is -2.35. The van der Waals surface area contributed by atoms with Gasteiger partial charge in [0, 0.05) is 25.2 Å². The molecule has 29 heavy (non-hydrogen) atoms. The second-order valence-corrected chi connectivity index (χ2v) is 7.27. The summed E-state index contributed by atoms with van der Waals surface area (Å²) in [5.41, 5.74) is 2.07. The maximum absolute atomic E-state index is 12.7. The minimum atomic E-state index is -0.298. The highest BCUT2D eigenvalue weighted by Gasteiger charge is 2.28. The molecule has 1 aliphatic heterocycles. The van der Waals surface area contributed by atoms with Gasteiger partial charge in [0.05, 0.1) is 23.5 Å².